The standard InChI is InChI=1S/C22H24FNO4/c1-13-19(22(26)28-12-14-6-5-11-27-14)20(15-7-2-3-8-16(15)23)21-17(24-13)9-4-10-18(21)25/h2-3,7-8,14,19-20H,4-6,9-12H2,1H3/t14-,19?,20-/m1/s1. The molecule has 1 aromatic carbocycles. The summed E-state index contributed by atoms with van der Waals surface area (Å²) >= 11 is 0. The Morgan fingerprint density at radius 1 is 1.29 bits per heavy atom. The lowest BCUT2D eigenvalue weighted by molar-refractivity contribution is -0.149. The van der Waals surface area contributed by atoms with Gasteiger partial charge in [0.05, 0.1) is 6.10 Å². The molecular formula is C22H24FNO4. The van der Waals surface area contributed by atoms with E-state index in [0.717, 1.165) is 19.3 Å². The first-order valence-corrected chi connectivity index (χ1v) is 9.90. The highest BCUT2D eigenvalue weighted by atomic mass is 19.1. The van der Waals surface area contributed by atoms with Gasteiger partial charge in [0.1, 0.15) is 18.3 Å². The normalized spacial score (nSPS) is 27.4. The van der Waals surface area contributed by atoms with E-state index in [-0.39, 0.29) is 18.5 Å². The number of ketones is 1. The average Bonchev–Trinajstić information content (AvgIpc) is 3.19. The zero-order valence-electron chi connectivity index (χ0n) is 15.9. The van der Waals surface area contributed by atoms with Gasteiger partial charge in [-0.05, 0) is 44.2 Å². The van der Waals surface area contributed by atoms with Crippen molar-refractivity contribution in [3.05, 3.63) is 46.9 Å². The van der Waals surface area contributed by atoms with Gasteiger partial charge in [0.25, 0.3) is 0 Å². The van der Waals surface area contributed by atoms with Crippen LogP contribution in [0.3, 0.4) is 0 Å². The Morgan fingerprint density at radius 3 is 2.86 bits per heavy atom. The molecule has 1 aromatic rings. The molecule has 5 nitrogen and oxygen atoms in total. The SMILES string of the molecule is CC1=NC2=C(C(=O)CCC2)[C@H](c2ccccc2F)C1C(=O)OC[C@H]1CCCO1. The fourth-order valence-corrected chi connectivity index (χ4v) is 4.42. The van der Waals surface area contributed by atoms with E-state index in [1.54, 1.807) is 25.1 Å². The summed E-state index contributed by atoms with van der Waals surface area (Å²) in [4.78, 5) is 30.3. The van der Waals surface area contributed by atoms with Crippen molar-refractivity contribution in [2.75, 3.05) is 13.2 Å². The van der Waals surface area contributed by atoms with Gasteiger partial charge in [0, 0.05) is 35.9 Å². The number of ether oxygens (including phenoxy) is 2. The number of halogens is 1. The zero-order chi connectivity index (χ0) is 19.7. The largest absolute Gasteiger partial charge is 0.462 e. The molecule has 0 radical (unpaired) electrons. The molecule has 6 heteroatoms. The predicted molar refractivity (Wildman–Crippen MR) is 102 cm³/mol. The lowest BCUT2D eigenvalue weighted by Gasteiger charge is -2.34. The molecule has 3 atom stereocenters. The van der Waals surface area contributed by atoms with Gasteiger partial charge in [0.2, 0.25) is 0 Å². The van der Waals surface area contributed by atoms with Crippen LogP contribution in [0, 0.1) is 11.7 Å². The lowest BCUT2D eigenvalue weighted by atomic mass is 9.71. The predicted octanol–water partition coefficient (Wildman–Crippen LogP) is 3.73. The van der Waals surface area contributed by atoms with Crippen molar-refractivity contribution in [2.45, 2.75) is 51.0 Å². The van der Waals surface area contributed by atoms with Crippen LogP contribution in [-0.4, -0.2) is 36.8 Å². The number of hydrogen-bond donors (Lipinski definition) is 0. The van der Waals surface area contributed by atoms with Gasteiger partial charge in [-0.3, -0.25) is 14.6 Å². The van der Waals surface area contributed by atoms with Crippen LogP contribution in [0.25, 0.3) is 0 Å². The minimum atomic E-state index is -0.806. The second-order valence-corrected chi connectivity index (χ2v) is 7.63. The van der Waals surface area contributed by atoms with E-state index in [1.807, 2.05) is 0 Å². The van der Waals surface area contributed by atoms with Crippen molar-refractivity contribution in [2.24, 2.45) is 10.9 Å². The molecule has 4 rings (SSSR count). The monoisotopic (exact) mass is 385 g/mol. The first kappa shape index (κ1) is 19.0. The van der Waals surface area contributed by atoms with Crippen LogP contribution in [0.15, 0.2) is 40.5 Å². The maximum atomic E-state index is 14.7. The molecule has 0 amide bonds. The van der Waals surface area contributed by atoms with Gasteiger partial charge < -0.3 is 9.47 Å². The number of allylic oxidation sites excluding steroid dienone is 2. The molecule has 1 aliphatic carbocycles. The van der Waals surface area contributed by atoms with Crippen LogP contribution in [0.1, 0.15) is 50.5 Å². The van der Waals surface area contributed by atoms with E-state index < -0.39 is 23.6 Å². The van der Waals surface area contributed by atoms with Gasteiger partial charge in [0.15, 0.2) is 5.78 Å². The zero-order valence-corrected chi connectivity index (χ0v) is 15.9. The molecule has 3 aliphatic rings. The van der Waals surface area contributed by atoms with Crippen molar-refractivity contribution >= 4 is 17.5 Å². The number of rotatable bonds is 4. The van der Waals surface area contributed by atoms with E-state index in [1.165, 1.54) is 6.07 Å². The average molecular weight is 385 g/mol. The minimum absolute atomic E-state index is 0.0531. The molecule has 2 heterocycles. The van der Waals surface area contributed by atoms with Crippen LogP contribution in [0.5, 0.6) is 0 Å². The number of nitrogens with zero attached hydrogens (tertiary/aromatic N) is 1. The van der Waals surface area contributed by atoms with E-state index in [4.69, 9.17) is 9.47 Å². The van der Waals surface area contributed by atoms with Gasteiger partial charge >= 0.3 is 5.97 Å². The molecule has 0 aromatic heterocycles. The highest BCUT2D eigenvalue weighted by Crippen LogP contribution is 2.44. The Hall–Kier alpha value is -2.34. The summed E-state index contributed by atoms with van der Waals surface area (Å²) in [5.41, 5.74) is 2.07. The van der Waals surface area contributed by atoms with E-state index in [2.05, 4.69) is 4.99 Å². The molecular weight excluding hydrogens is 361 g/mol. The van der Waals surface area contributed by atoms with Crippen molar-refractivity contribution in [3.8, 4) is 0 Å². The summed E-state index contributed by atoms with van der Waals surface area (Å²) in [5, 5.41) is 0. The van der Waals surface area contributed by atoms with Crippen molar-refractivity contribution in [1.82, 2.24) is 0 Å². The summed E-state index contributed by atoms with van der Waals surface area (Å²) in [6, 6.07) is 6.33. The summed E-state index contributed by atoms with van der Waals surface area (Å²) in [6.45, 7) is 2.61. The third kappa shape index (κ3) is 3.53. The molecule has 0 saturated carbocycles. The first-order valence-electron chi connectivity index (χ1n) is 9.90. The summed E-state index contributed by atoms with van der Waals surface area (Å²) < 4.78 is 25.8. The van der Waals surface area contributed by atoms with E-state index >= 15 is 0 Å². The molecule has 1 saturated heterocycles. The molecule has 2 aliphatic heterocycles. The quantitative estimate of drug-likeness (QED) is 0.741. The van der Waals surface area contributed by atoms with Crippen molar-refractivity contribution in [1.29, 1.82) is 0 Å². The molecule has 0 N–H and O–H groups in total. The van der Waals surface area contributed by atoms with Crippen LogP contribution >= 0.6 is 0 Å². The highest BCUT2D eigenvalue weighted by molar-refractivity contribution is 6.08. The Bertz CT molecular complexity index is 854. The summed E-state index contributed by atoms with van der Waals surface area (Å²) in [6.07, 6.45) is 3.51. The maximum absolute atomic E-state index is 14.7. The van der Waals surface area contributed by atoms with Crippen LogP contribution < -0.4 is 0 Å². The highest BCUT2D eigenvalue weighted by Gasteiger charge is 2.44. The molecule has 28 heavy (non-hydrogen) atoms. The smallest absolute Gasteiger partial charge is 0.315 e. The third-order valence-electron chi connectivity index (χ3n) is 5.76. The number of Topliss-reactive ketones (excluding diaryl/α,β-unsaturated/α-hetero) is 1. The topological polar surface area (TPSA) is 65.0 Å². The molecule has 1 fully saturated rings. The number of aliphatic imine (C=N–C) groups is 1. The Kier molecular flexibility index (Phi) is 5.40. The van der Waals surface area contributed by atoms with E-state index in [9.17, 15) is 14.0 Å². The Morgan fingerprint density at radius 2 is 2.11 bits per heavy atom. The third-order valence-corrected chi connectivity index (χ3v) is 5.76. The molecule has 1 unspecified atom stereocenters. The summed E-state index contributed by atoms with van der Waals surface area (Å²) in [5.74, 6) is -2.46. The maximum Gasteiger partial charge on any atom is 0.315 e. The lowest BCUT2D eigenvalue weighted by Crippen LogP contribution is -2.38. The second-order valence-electron chi connectivity index (χ2n) is 7.63. The van der Waals surface area contributed by atoms with Crippen LogP contribution in [0.4, 0.5) is 4.39 Å². The number of benzene rings is 1. The number of carbonyl (C=O) groups excluding carboxylic acids is 2. The first-order chi connectivity index (χ1) is 13.6. The molecule has 0 spiro atoms. The Balaban J connectivity index is 1.70. The van der Waals surface area contributed by atoms with Gasteiger partial charge in [-0.1, -0.05) is 18.2 Å². The number of carbonyl (C=O) groups is 2. The second kappa shape index (κ2) is 7.95. The van der Waals surface area contributed by atoms with Crippen molar-refractivity contribution in [3.63, 3.8) is 0 Å². The Labute approximate surface area is 163 Å². The minimum Gasteiger partial charge on any atom is -0.462 e. The fourth-order valence-electron chi connectivity index (χ4n) is 4.42. The molecule has 148 valence electrons. The molecule has 0 bridgehead atoms. The van der Waals surface area contributed by atoms with Crippen LogP contribution in [-0.2, 0) is 19.1 Å². The van der Waals surface area contributed by atoms with E-state index in [0.29, 0.717) is 42.0 Å². The van der Waals surface area contributed by atoms with Gasteiger partial charge in [-0.15, -0.1) is 0 Å². The number of esters is 1. The number of hydrogen-bond acceptors (Lipinski definition) is 5. The summed E-state index contributed by atoms with van der Waals surface area (Å²) in [7, 11) is 0. The van der Waals surface area contributed by atoms with Crippen molar-refractivity contribution < 1.29 is 23.5 Å². The van der Waals surface area contributed by atoms with Crippen LogP contribution in [0.2, 0.25) is 0 Å². The van der Waals surface area contributed by atoms with Gasteiger partial charge in [-0.2, -0.15) is 0 Å². The fraction of sp³-hybridized carbons (Fsp3) is 0.500. The van der Waals surface area contributed by atoms with Gasteiger partial charge in [-0.25, -0.2) is 4.39 Å².